The Morgan fingerprint density at radius 3 is 2.34 bits per heavy atom. The van der Waals surface area contributed by atoms with Crippen molar-refractivity contribution in [3.05, 3.63) is 48.5 Å². The van der Waals surface area contributed by atoms with Crippen molar-refractivity contribution in [2.75, 3.05) is 44.2 Å². The fraction of sp³-hybridized carbons (Fsp3) is 0.552. The molecule has 0 atom stereocenters. The molecule has 3 N–H and O–H groups in total. The van der Waals surface area contributed by atoms with Crippen molar-refractivity contribution in [2.24, 2.45) is 15.7 Å². The largest absolute Gasteiger partial charge is 0.468 e. The van der Waals surface area contributed by atoms with Gasteiger partial charge < -0.3 is 25.6 Å². The van der Waals surface area contributed by atoms with Gasteiger partial charge in [0.1, 0.15) is 12.4 Å². The van der Waals surface area contributed by atoms with Gasteiger partial charge in [0.15, 0.2) is 0 Å². The number of amides is 2. The zero-order valence-corrected chi connectivity index (χ0v) is 27.3. The molecule has 1 aromatic rings. The summed E-state index contributed by atoms with van der Waals surface area (Å²) in [5.41, 5.74) is 7.51. The molecule has 10 nitrogen and oxygen atoms in total. The summed E-state index contributed by atoms with van der Waals surface area (Å²) in [6, 6.07) is -0.242. The van der Waals surface area contributed by atoms with Crippen LogP contribution in [0.1, 0.15) is 68.7 Å². The summed E-state index contributed by atoms with van der Waals surface area (Å²) < 4.78 is 28.3. The minimum absolute atomic E-state index is 0.0970. The maximum absolute atomic E-state index is 13.9. The molecule has 0 radical (unpaired) electrons. The summed E-state index contributed by atoms with van der Waals surface area (Å²) in [5.74, 6) is 0.785. The lowest BCUT2D eigenvalue weighted by Gasteiger charge is -2.22. The van der Waals surface area contributed by atoms with Crippen molar-refractivity contribution in [2.45, 2.75) is 68.7 Å². The predicted molar refractivity (Wildman–Crippen MR) is 174 cm³/mol. The molecule has 1 aliphatic rings. The second kappa shape index (κ2) is 24.3. The normalized spacial score (nSPS) is 14.4. The number of urea groups is 1. The molecule has 12 heteroatoms. The van der Waals surface area contributed by atoms with Crippen molar-refractivity contribution in [3.8, 4) is 5.88 Å². The molecular formula is C29H51FN8O2S. The number of nitrogens with zero attached hydrogens (tertiary/aromatic N) is 6. The highest BCUT2D eigenvalue weighted by Gasteiger charge is 2.23. The molecule has 232 valence electrons. The third kappa shape index (κ3) is 15.7. The number of nitrogens with two attached hydrogens (primary N) is 1. The first-order chi connectivity index (χ1) is 19.7. The Hall–Kier alpha value is -3.54. The number of anilines is 1. The molecular weight excluding hydrogens is 543 g/mol. The molecule has 1 aliphatic heterocycles. The standard InChI is InChI=1S/C23H33FN8O2S.3C2H6/c1-6-16(3)13-19(18(5)24)14-27-23(33)32-10-8-9-31(11-12-32)20-21(30-35-29-20)34-15-17(4)28-22(25)26-7-2;3*1-2/h6-7,13H,1-2,8-12,14-15H2,3-5H3,(H2,25,26)(H,27,33);3*1-2H3/b16-13-,19-18-,28-17+;;;. The molecule has 2 rings (SSSR count). The van der Waals surface area contributed by atoms with Crippen LogP contribution in [0.15, 0.2) is 58.5 Å². The molecule has 1 aromatic heterocycles. The van der Waals surface area contributed by atoms with Crippen molar-refractivity contribution in [1.29, 1.82) is 0 Å². The monoisotopic (exact) mass is 594 g/mol. The van der Waals surface area contributed by atoms with Crippen molar-refractivity contribution in [3.63, 3.8) is 0 Å². The van der Waals surface area contributed by atoms with Crippen molar-refractivity contribution >= 4 is 35.2 Å². The number of rotatable bonds is 9. The van der Waals surface area contributed by atoms with Gasteiger partial charge in [-0.2, -0.15) is 4.37 Å². The van der Waals surface area contributed by atoms with Gasteiger partial charge in [-0.3, -0.25) is 0 Å². The summed E-state index contributed by atoms with van der Waals surface area (Å²) >= 11 is 1.05. The number of carbonyl (C=O) groups excluding carboxylic acids is 1. The molecule has 0 aliphatic carbocycles. The maximum atomic E-state index is 13.9. The predicted octanol–water partition coefficient (Wildman–Crippen LogP) is 6.51. The Morgan fingerprint density at radius 2 is 1.76 bits per heavy atom. The first-order valence-electron chi connectivity index (χ1n) is 14.1. The number of halogens is 1. The lowest BCUT2D eigenvalue weighted by Crippen LogP contribution is -2.42. The molecule has 0 bridgehead atoms. The minimum atomic E-state index is -0.340. The fourth-order valence-corrected chi connectivity index (χ4v) is 3.72. The number of nitrogens with one attached hydrogen (secondary N) is 1. The zero-order valence-electron chi connectivity index (χ0n) is 26.5. The van der Waals surface area contributed by atoms with E-state index in [0.29, 0.717) is 49.2 Å². The van der Waals surface area contributed by atoms with Gasteiger partial charge in [-0.15, -0.1) is 4.37 Å². The first kappa shape index (κ1) is 39.6. The van der Waals surface area contributed by atoms with Crippen LogP contribution in [-0.2, 0) is 0 Å². The van der Waals surface area contributed by atoms with Crippen LogP contribution in [0.4, 0.5) is 15.0 Å². The van der Waals surface area contributed by atoms with Gasteiger partial charge in [0.25, 0.3) is 5.88 Å². The van der Waals surface area contributed by atoms with Gasteiger partial charge in [0.05, 0.1) is 17.4 Å². The SMILES string of the molecule is C=CN=C(N)/N=C(\C)COc1nsnc1N1CCCN(C(=O)NCC(/C=C(/C)C=C)=C(/C)F)CC1.CC.CC.CC. The number of hydrogen-bond donors (Lipinski definition) is 2. The van der Waals surface area contributed by atoms with E-state index in [0.717, 1.165) is 23.7 Å². The van der Waals surface area contributed by atoms with E-state index >= 15 is 0 Å². The molecule has 0 unspecified atom stereocenters. The Labute approximate surface area is 251 Å². The van der Waals surface area contributed by atoms with Gasteiger partial charge in [-0.25, -0.2) is 19.2 Å². The smallest absolute Gasteiger partial charge is 0.317 e. The number of aromatic nitrogens is 2. The van der Waals surface area contributed by atoms with Gasteiger partial charge in [0.2, 0.25) is 11.8 Å². The minimum Gasteiger partial charge on any atom is -0.468 e. The van der Waals surface area contributed by atoms with E-state index in [1.54, 1.807) is 24.0 Å². The van der Waals surface area contributed by atoms with E-state index in [-0.39, 0.29) is 31.0 Å². The molecule has 1 fully saturated rings. The Bertz CT molecular complexity index is 1030. The maximum Gasteiger partial charge on any atom is 0.317 e. The molecule has 1 saturated heterocycles. The van der Waals surface area contributed by atoms with Crippen molar-refractivity contribution in [1.82, 2.24) is 19.0 Å². The number of ether oxygens (including phenoxy) is 1. The summed E-state index contributed by atoms with van der Waals surface area (Å²) in [5, 5.41) is 2.81. The third-order valence-corrected chi connectivity index (χ3v) is 5.57. The number of carbonyl (C=O) groups is 1. The number of aliphatic imine (C=N–C) groups is 2. The summed E-state index contributed by atoms with van der Waals surface area (Å²) in [6.45, 7) is 26.7. The molecule has 2 amide bonds. The number of allylic oxidation sites excluding steroid dienone is 3. The van der Waals surface area contributed by atoms with E-state index in [1.165, 1.54) is 13.1 Å². The van der Waals surface area contributed by atoms with Gasteiger partial charge >= 0.3 is 6.03 Å². The lowest BCUT2D eigenvalue weighted by molar-refractivity contribution is 0.202. The van der Waals surface area contributed by atoms with Crippen LogP contribution in [0.25, 0.3) is 0 Å². The van der Waals surface area contributed by atoms with Gasteiger partial charge in [0, 0.05) is 44.5 Å². The summed E-state index contributed by atoms with van der Waals surface area (Å²) in [4.78, 5) is 24.4. The van der Waals surface area contributed by atoms with E-state index in [4.69, 9.17) is 10.5 Å². The van der Waals surface area contributed by atoms with Gasteiger partial charge in [-0.1, -0.05) is 72.4 Å². The molecule has 0 spiro atoms. The van der Waals surface area contributed by atoms with E-state index < -0.39 is 0 Å². The van der Waals surface area contributed by atoms with Crippen LogP contribution in [0.5, 0.6) is 5.88 Å². The van der Waals surface area contributed by atoms with Crippen LogP contribution in [-0.4, -0.2) is 70.7 Å². The second-order valence-corrected chi connectivity index (χ2v) is 8.36. The Morgan fingerprint density at radius 1 is 1.10 bits per heavy atom. The fourth-order valence-electron chi connectivity index (χ4n) is 3.20. The van der Waals surface area contributed by atoms with E-state index in [1.807, 2.05) is 53.4 Å². The van der Waals surface area contributed by atoms with Crippen LogP contribution >= 0.6 is 11.7 Å². The molecule has 0 saturated carbocycles. The first-order valence-corrected chi connectivity index (χ1v) is 14.9. The molecule has 2 heterocycles. The van der Waals surface area contributed by atoms with Gasteiger partial charge in [-0.05, 0) is 27.2 Å². The Balaban J connectivity index is 0. The molecule has 41 heavy (non-hydrogen) atoms. The zero-order chi connectivity index (χ0) is 31.8. The van der Waals surface area contributed by atoms with Crippen LogP contribution in [0.3, 0.4) is 0 Å². The van der Waals surface area contributed by atoms with E-state index in [2.05, 4.69) is 37.2 Å². The van der Waals surface area contributed by atoms with Crippen molar-refractivity contribution < 1.29 is 13.9 Å². The quantitative estimate of drug-likeness (QED) is 0.191. The summed E-state index contributed by atoms with van der Waals surface area (Å²) in [7, 11) is 0. The Kier molecular flexibility index (Phi) is 23.4. The highest BCUT2D eigenvalue weighted by Crippen LogP contribution is 2.26. The topological polar surface area (TPSA) is 121 Å². The van der Waals surface area contributed by atoms with E-state index in [9.17, 15) is 9.18 Å². The average Bonchev–Trinajstić information content (AvgIpc) is 3.32. The molecule has 0 aromatic carbocycles. The number of hydrogen-bond acceptors (Lipinski definition) is 7. The number of guanidine groups is 1. The second-order valence-electron chi connectivity index (χ2n) is 7.84. The highest BCUT2D eigenvalue weighted by molar-refractivity contribution is 6.99. The third-order valence-electron chi connectivity index (χ3n) is 5.07. The lowest BCUT2D eigenvalue weighted by atomic mass is 10.1. The van der Waals surface area contributed by atoms with Crippen LogP contribution in [0, 0.1) is 0 Å². The van der Waals surface area contributed by atoms with Crippen LogP contribution in [0.2, 0.25) is 0 Å². The summed E-state index contributed by atoms with van der Waals surface area (Å²) in [6.07, 6.45) is 5.37. The highest BCUT2D eigenvalue weighted by atomic mass is 32.1. The van der Waals surface area contributed by atoms with Crippen LogP contribution < -0.4 is 20.7 Å². The average molecular weight is 595 g/mol.